The predicted molar refractivity (Wildman–Crippen MR) is 85.2 cm³/mol. The summed E-state index contributed by atoms with van der Waals surface area (Å²) in [4.78, 5) is 17.0. The number of cyclic esters (lactones) is 1. The zero-order valence-electron chi connectivity index (χ0n) is 11.0. The zero-order valence-corrected chi connectivity index (χ0v) is 13.4. The maximum Gasteiger partial charge on any atom is 0.363 e. The van der Waals surface area contributed by atoms with Crippen LogP contribution in [0, 0.1) is 0 Å². The summed E-state index contributed by atoms with van der Waals surface area (Å²) in [7, 11) is 0. The van der Waals surface area contributed by atoms with E-state index in [0.29, 0.717) is 17.4 Å². The van der Waals surface area contributed by atoms with Crippen molar-refractivity contribution in [1.29, 1.82) is 0 Å². The SMILES string of the molecule is O=C1OC(c2cccs2)=N/C1=C\c1cc(Br)c2c(c1)OCO2. The van der Waals surface area contributed by atoms with Crippen molar-refractivity contribution in [3.63, 3.8) is 0 Å². The molecule has 2 aliphatic rings. The molecule has 0 saturated heterocycles. The van der Waals surface area contributed by atoms with E-state index in [2.05, 4.69) is 20.9 Å². The lowest BCUT2D eigenvalue weighted by Crippen LogP contribution is -2.03. The largest absolute Gasteiger partial charge is 0.454 e. The molecule has 7 heteroatoms. The van der Waals surface area contributed by atoms with Crippen molar-refractivity contribution < 1.29 is 19.0 Å². The molecule has 0 atom stereocenters. The first-order valence-corrected chi connectivity index (χ1v) is 8.03. The average Bonchev–Trinajstić information content (AvgIpc) is 3.20. The lowest BCUT2D eigenvalue weighted by atomic mass is 10.1. The molecule has 0 aliphatic carbocycles. The molecular formula is C15H8BrNO4S. The summed E-state index contributed by atoms with van der Waals surface area (Å²) in [5.74, 6) is 1.18. The quantitative estimate of drug-likeness (QED) is 0.592. The van der Waals surface area contributed by atoms with Crippen LogP contribution in [0.4, 0.5) is 0 Å². The monoisotopic (exact) mass is 377 g/mol. The third-order valence-corrected chi connectivity index (χ3v) is 4.55. The Balaban J connectivity index is 1.71. The van der Waals surface area contributed by atoms with Crippen LogP contribution in [0.2, 0.25) is 0 Å². The molecule has 0 saturated carbocycles. The molecule has 2 aliphatic heterocycles. The van der Waals surface area contributed by atoms with Crippen molar-refractivity contribution in [3.8, 4) is 11.5 Å². The number of benzene rings is 1. The highest BCUT2D eigenvalue weighted by Gasteiger charge is 2.25. The summed E-state index contributed by atoms with van der Waals surface area (Å²) in [6.45, 7) is 0.191. The first-order valence-electron chi connectivity index (χ1n) is 6.36. The second kappa shape index (κ2) is 5.26. The van der Waals surface area contributed by atoms with Gasteiger partial charge in [0.25, 0.3) is 0 Å². The van der Waals surface area contributed by atoms with Crippen LogP contribution in [0.1, 0.15) is 10.4 Å². The highest BCUT2D eigenvalue weighted by molar-refractivity contribution is 9.10. The summed E-state index contributed by atoms with van der Waals surface area (Å²) in [5.41, 5.74) is 1.04. The number of aliphatic imine (C=N–C) groups is 1. The van der Waals surface area contributed by atoms with Crippen LogP contribution in [0.3, 0.4) is 0 Å². The predicted octanol–water partition coefficient (Wildman–Crippen LogP) is 3.58. The molecule has 22 heavy (non-hydrogen) atoms. The minimum absolute atomic E-state index is 0.191. The van der Waals surface area contributed by atoms with E-state index >= 15 is 0 Å². The third-order valence-electron chi connectivity index (χ3n) is 3.11. The summed E-state index contributed by atoms with van der Waals surface area (Å²) in [6, 6.07) is 7.38. The van der Waals surface area contributed by atoms with Crippen LogP contribution < -0.4 is 9.47 Å². The van der Waals surface area contributed by atoms with Crippen LogP contribution in [-0.2, 0) is 9.53 Å². The molecular weight excluding hydrogens is 370 g/mol. The fourth-order valence-electron chi connectivity index (χ4n) is 2.14. The second-order valence-electron chi connectivity index (χ2n) is 4.55. The van der Waals surface area contributed by atoms with E-state index in [1.165, 1.54) is 11.3 Å². The number of hydrogen-bond acceptors (Lipinski definition) is 6. The topological polar surface area (TPSA) is 57.1 Å². The molecule has 0 N–H and O–H groups in total. The summed E-state index contributed by atoms with van der Waals surface area (Å²) in [6.07, 6.45) is 1.66. The lowest BCUT2D eigenvalue weighted by Gasteiger charge is -2.01. The standard InChI is InChI=1S/C15H8BrNO4S/c16-9-4-8(6-11-13(9)20-7-19-11)5-10-15(18)21-14(17-10)12-2-1-3-22-12/h1-6H,7H2/b10-5-. The first-order chi connectivity index (χ1) is 10.7. The summed E-state index contributed by atoms with van der Waals surface area (Å²) >= 11 is 4.89. The molecule has 0 bridgehead atoms. The number of carbonyl (C=O) groups is 1. The molecule has 0 spiro atoms. The van der Waals surface area contributed by atoms with Crippen LogP contribution in [-0.4, -0.2) is 18.7 Å². The van der Waals surface area contributed by atoms with E-state index in [1.807, 2.05) is 23.6 Å². The molecule has 0 fully saturated rings. The van der Waals surface area contributed by atoms with Crippen LogP contribution in [0.15, 0.2) is 44.8 Å². The van der Waals surface area contributed by atoms with Crippen molar-refractivity contribution in [2.45, 2.75) is 0 Å². The van der Waals surface area contributed by atoms with Crippen LogP contribution in [0.5, 0.6) is 11.5 Å². The molecule has 1 aromatic heterocycles. The molecule has 0 radical (unpaired) electrons. The van der Waals surface area contributed by atoms with Crippen LogP contribution >= 0.6 is 27.3 Å². The zero-order chi connectivity index (χ0) is 15.1. The van der Waals surface area contributed by atoms with Gasteiger partial charge >= 0.3 is 5.97 Å². The van der Waals surface area contributed by atoms with Gasteiger partial charge in [-0.25, -0.2) is 9.79 Å². The molecule has 4 rings (SSSR count). The Hall–Kier alpha value is -2.12. The second-order valence-corrected chi connectivity index (χ2v) is 6.35. The fourth-order valence-corrected chi connectivity index (χ4v) is 3.37. The number of rotatable bonds is 2. The van der Waals surface area contributed by atoms with Gasteiger partial charge in [0.05, 0.1) is 9.35 Å². The smallest absolute Gasteiger partial charge is 0.363 e. The number of carbonyl (C=O) groups excluding carboxylic acids is 1. The maximum atomic E-state index is 11.9. The van der Waals surface area contributed by atoms with Gasteiger partial charge in [-0.1, -0.05) is 6.07 Å². The first kappa shape index (κ1) is 13.5. The molecule has 2 aromatic rings. The van der Waals surface area contributed by atoms with Gasteiger partial charge in [0.1, 0.15) is 0 Å². The Bertz CT molecular complexity index is 826. The van der Waals surface area contributed by atoms with Crippen molar-refractivity contribution >= 4 is 45.2 Å². The Morgan fingerprint density at radius 1 is 1.32 bits per heavy atom. The Kier molecular flexibility index (Phi) is 3.24. The van der Waals surface area contributed by atoms with Gasteiger partial charge in [-0.2, -0.15) is 0 Å². The number of hydrogen-bond donors (Lipinski definition) is 0. The van der Waals surface area contributed by atoms with E-state index in [0.717, 1.165) is 14.9 Å². The number of esters is 1. The van der Waals surface area contributed by atoms with Crippen molar-refractivity contribution in [1.82, 2.24) is 0 Å². The van der Waals surface area contributed by atoms with Crippen LogP contribution in [0.25, 0.3) is 6.08 Å². The highest BCUT2D eigenvalue weighted by Crippen LogP contribution is 2.40. The van der Waals surface area contributed by atoms with Gasteiger partial charge in [0.15, 0.2) is 17.2 Å². The Labute approximate surface area is 138 Å². The maximum absolute atomic E-state index is 11.9. The number of thiophene rings is 1. The molecule has 0 amide bonds. The van der Waals surface area contributed by atoms with E-state index in [9.17, 15) is 4.79 Å². The average molecular weight is 378 g/mol. The number of ether oxygens (including phenoxy) is 3. The minimum atomic E-state index is -0.461. The lowest BCUT2D eigenvalue weighted by molar-refractivity contribution is -0.129. The fraction of sp³-hybridized carbons (Fsp3) is 0.0667. The number of nitrogens with zero attached hydrogens (tertiary/aromatic N) is 1. The molecule has 0 unspecified atom stereocenters. The van der Waals surface area contributed by atoms with E-state index in [1.54, 1.807) is 12.1 Å². The third kappa shape index (κ3) is 2.32. The minimum Gasteiger partial charge on any atom is -0.454 e. The van der Waals surface area contributed by atoms with Gasteiger partial charge in [0, 0.05) is 0 Å². The summed E-state index contributed by atoms with van der Waals surface area (Å²) < 4.78 is 16.7. The molecule has 3 heterocycles. The van der Waals surface area contributed by atoms with E-state index < -0.39 is 5.97 Å². The Morgan fingerprint density at radius 3 is 3.05 bits per heavy atom. The Morgan fingerprint density at radius 2 is 2.23 bits per heavy atom. The van der Waals surface area contributed by atoms with Gasteiger partial charge in [-0.05, 0) is 51.1 Å². The van der Waals surface area contributed by atoms with Crippen molar-refractivity contribution in [3.05, 3.63) is 50.3 Å². The van der Waals surface area contributed by atoms with Gasteiger partial charge in [0.2, 0.25) is 12.7 Å². The molecule has 110 valence electrons. The summed E-state index contributed by atoms with van der Waals surface area (Å²) in [5, 5.41) is 1.91. The molecule has 1 aromatic carbocycles. The normalized spacial score (nSPS) is 17.8. The van der Waals surface area contributed by atoms with E-state index in [-0.39, 0.29) is 12.5 Å². The molecule has 5 nitrogen and oxygen atoms in total. The van der Waals surface area contributed by atoms with Gasteiger partial charge < -0.3 is 14.2 Å². The van der Waals surface area contributed by atoms with Gasteiger partial charge in [-0.3, -0.25) is 0 Å². The number of halogens is 1. The van der Waals surface area contributed by atoms with Crippen molar-refractivity contribution in [2.75, 3.05) is 6.79 Å². The van der Waals surface area contributed by atoms with Gasteiger partial charge in [-0.15, -0.1) is 11.3 Å². The highest BCUT2D eigenvalue weighted by atomic mass is 79.9. The number of fused-ring (bicyclic) bond motifs is 1. The van der Waals surface area contributed by atoms with Crippen molar-refractivity contribution in [2.24, 2.45) is 4.99 Å². The van der Waals surface area contributed by atoms with E-state index in [4.69, 9.17) is 14.2 Å².